The van der Waals surface area contributed by atoms with Gasteiger partial charge in [-0.1, -0.05) is 6.07 Å². The fourth-order valence-corrected chi connectivity index (χ4v) is 3.37. The van der Waals surface area contributed by atoms with E-state index >= 15 is 0 Å². The maximum Gasteiger partial charge on any atom is 0.258 e. The third kappa shape index (κ3) is 3.70. The van der Waals surface area contributed by atoms with Crippen molar-refractivity contribution in [2.45, 2.75) is 18.9 Å². The quantitative estimate of drug-likeness (QED) is 0.688. The third-order valence-corrected chi connectivity index (χ3v) is 4.80. The monoisotopic (exact) mass is 401 g/mol. The van der Waals surface area contributed by atoms with Crippen molar-refractivity contribution in [3.63, 3.8) is 0 Å². The number of aliphatic hydroxyl groups excluding tert-OH is 1. The number of aliphatic hydroxyl groups is 1. The van der Waals surface area contributed by atoms with E-state index in [0.717, 1.165) is 5.52 Å². The zero-order chi connectivity index (χ0) is 20.4. The first-order valence-electron chi connectivity index (χ1n) is 9.20. The highest BCUT2D eigenvalue weighted by atomic mass is 19.1. The molecule has 152 valence electrons. The van der Waals surface area contributed by atoms with Crippen LogP contribution in [-0.2, 0) is 4.79 Å². The molecule has 10 heteroatoms. The number of carbonyl (C=O) groups is 1. The second kappa shape index (κ2) is 8.00. The van der Waals surface area contributed by atoms with E-state index in [0.29, 0.717) is 24.9 Å². The summed E-state index contributed by atoms with van der Waals surface area (Å²) in [6, 6.07) is 5.54. The Labute approximate surface area is 165 Å². The molecule has 0 saturated carbocycles. The smallest absolute Gasteiger partial charge is 0.258 e. The second-order valence-corrected chi connectivity index (χ2v) is 6.64. The molecule has 1 N–H and O–H groups in total. The van der Waals surface area contributed by atoms with Crippen molar-refractivity contribution < 1.29 is 23.8 Å². The number of halogens is 1. The van der Waals surface area contributed by atoms with Crippen molar-refractivity contribution >= 4 is 11.4 Å². The molecule has 0 spiro atoms. The molecule has 0 unspecified atom stereocenters. The van der Waals surface area contributed by atoms with Crippen LogP contribution in [0.3, 0.4) is 0 Å². The van der Waals surface area contributed by atoms with Crippen molar-refractivity contribution in [2.24, 2.45) is 0 Å². The Balaban J connectivity index is 1.67. The minimum atomic E-state index is -0.807. The number of aromatic nitrogens is 4. The van der Waals surface area contributed by atoms with Gasteiger partial charge in [0.1, 0.15) is 12.7 Å². The highest BCUT2D eigenvalue weighted by Crippen LogP contribution is 2.30. The molecule has 1 aliphatic heterocycles. The van der Waals surface area contributed by atoms with Gasteiger partial charge in [-0.15, -0.1) is 0 Å². The number of methoxy groups -OCH3 is 1. The van der Waals surface area contributed by atoms with Crippen LogP contribution in [0.2, 0.25) is 0 Å². The van der Waals surface area contributed by atoms with E-state index in [9.17, 15) is 9.18 Å². The molecule has 1 atom stereocenters. The summed E-state index contributed by atoms with van der Waals surface area (Å²) in [4.78, 5) is 21.7. The van der Waals surface area contributed by atoms with Gasteiger partial charge in [0.15, 0.2) is 5.82 Å². The summed E-state index contributed by atoms with van der Waals surface area (Å²) in [5.74, 6) is -1.45. The van der Waals surface area contributed by atoms with E-state index in [2.05, 4.69) is 15.1 Å². The lowest BCUT2D eigenvalue weighted by Crippen LogP contribution is -2.45. The number of piperidine rings is 1. The number of fused-ring (bicyclic) bond motifs is 1. The maximum absolute atomic E-state index is 14.8. The number of likely N-dealkylation sites (tertiary alicyclic amines) is 1. The Hall–Kier alpha value is -3.27. The van der Waals surface area contributed by atoms with E-state index < -0.39 is 18.5 Å². The van der Waals surface area contributed by atoms with Gasteiger partial charge in [-0.25, -0.2) is 4.52 Å². The van der Waals surface area contributed by atoms with Crippen LogP contribution >= 0.6 is 0 Å². The van der Waals surface area contributed by atoms with E-state index in [1.54, 1.807) is 16.9 Å². The maximum atomic E-state index is 14.8. The lowest BCUT2D eigenvalue weighted by molar-refractivity contribution is -0.136. The molecule has 3 aromatic heterocycles. The van der Waals surface area contributed by atoms with E-state index in [1.165, 1.54) is 12.0 Å². The molecule has 9 nitrogen and oxygen atoms in total. The fraction of sp³-hybridized carbons (Fsp3) is 0.368. The average molecular weight is 401 g/mol. The van der Waals surface area contributed by atoms with Gasteiger partial charge in [0.2, 0.25) is 11.7 Å². The summed E-state index contributed by atoms with van der Waals surface area (Å²) in [7, 11) is 1.32. The predicted molar refractivity (Wildman–Crippen MR) is 100 cm³/mol. The molecule has 29 heavy (non-hydrogen) atoms. The number of nitrogens with zero attached hydrogens (tertiary/aromatic N) is 5. The van der Waals surface area contributed by atoms with E-state index in [1.807, 2.05) is 18.2 Å². The van der Waals surface area contributed by atoms with E-state index in [4.69, 9.17) is 14.6 Å². The first-order valence-corrected chi connectivity index (χ1v) is 9.20. The van der Waals surface area contributed by atoms with Crippen LogP contribution in [0.4, 0.5) is 4.39 Å². The van der Waals surface area contributed by atoms with Gasteiger partial charge >= 0.3 is 0 Å². The summed E-state index contributed by atoms with van der Waals surface area (Å²) in [5, 5.41) is 13.3. The molecule has 0 radical (unpaired) electrons. The number of ether oxygens (including phenoxy) is 2. The van der Waals surface area contributed by atoms with Crippen LogP contribution in [-0.4, -0.2) is 68.4 Å². The number of amides is 1. The van der Waals surface area contributed by atoms with Crippen molar-refractivity contribution in [3.8, 4) is 23.1 Å². The second-order valence-electron chi connectivity index (χ2n) is 6.64. The van der Waals surface area contributed by atoms with Crippen molar-refractivity contribution in [3.05, 3.63) is 36.4 Å². The van der Waals surface area contributed by atoms with Crippen LogP contribution in [0.15, 0.2) is 30.6 Å². The van der Waals surface area contributed by atoms with Crippen LogP contribution < -0.4 is 9.47 Å². The molecule has 1 amide bonds. The van der Waals surface area contributed by atoms with Gasteiger partial charge in [0.05, 0.1) is 30.9 Å². The summed E-state index contributed by atoms with van der Waals surface area (Å²) in [5.41, 5.74) is 1.36. The van der Waals surface area contributed by atoms with Gasteiger partial charge in [0.25, 0.3) is 11.8 Å². The van der Waals surface area contributed by atoms with Gasteiger partial charge < -0.3 is 19.5 Å². The molecule has 3 aromatic rings. The average Bonchev–Trinajstić information content (AvgIpc) is 3.19. The summed E-state index contributed by atoms with van der Waals surface area (Å²) in [6.07, 6.45) is 4.23. The van der Waals surface area contributed by atoms with Gasteiger partial charge in [-0.2, -0.15) is 19.5 Å². The highest BCUT2D eigenvalue weighted by molar-refractivity contribution is 5.77. The standard InChI is InChI=1S/C19H20FN5O4/c1-28-18-16(20)19(29-12-5-4-7-24(10-12)15(27)11-26)23-17(22-18)13-9-21-25-8-3-2-6-14(13)25/h2-3,6,8-9,12,26H,4-5,7,10-11H2,1H3/t12-/m1/s1. The van der Waals surface area contributed by atoms with E-state index in [-0.39, 0.29) is 30.0 Å². The summed E-state index contributed by atoms with van der Waals surface area (Å²) in [6.45, 7) is 0.209. The van der Waals surface area contributed by atoms with Crippen LogP contribution in [0, 0.1) is 5.82 Å². The highest BCUT2D eigenvalue weighted by Gasteiger charge is 2.27. The predicted octanol–water partition coefficient (Wildman–Crippen LogP) is 1.30. The van der Waals surface area contributed by atoms with Crippen LogP contribution in [0.5, 0.6) is 11.8 Å². The minimum Gasteiger partial charge on any atom is -0.479 e. The van der Waals surface area contributed by atoms with Gasteiger partial charge in [-0.05, 0) is 25.0 Å². The van der Waals surface area contributed by atoms with Gasteiger partial charge in [0, 0.05) is 12.7 Å². The van der Waals surface area contributed by atoms with Crippen molar-refractivity contribution in [1.82, 2.24) is 24.5 Å². The number of pyridine rings is 1. The normalized spacial score (nSPS) is 16.8. The number of rotatable bonds is 5. The molecule has 4 rings (SSSR count). The Morgan fingerprint density at radius 2 is 2.17 bits per heavy atom. The first-order chi connectivity index (χ1) is 14.1. The zero-order valence-electron chi connectivity index (χ0n) is 15.8. The van der Waals surface area contributed by atoms with Crippen molar-refractivity contribution in [2.75, 3.05) is 26.8 Å². The SMILES string of the molecule is COc1nc(-c2cnn3ccccc23)nc(O[C@@H]2CCCN(C(=O)CO)C2)c1F. The van der Waals surface area contributed by atoms with Crippen LogP contribution in [0.25, 0.3) is 16.9 Å². The minimum absolute atomic E-state index is 0.221. The van der Waals surface area contributed by atoms with Gasteiger partial charge in [-0.3, -0.25) is 4.79 Å². The molecule has 4 heterocycles. The number of hydrogen-bond donors (Lipinski definition) is 1. The molecule has 1 aliphatic rings. The van der Waals surface area contributed by atoms with Crippen molar-refractivity contribution in [1.29, 1.82) is 0 Å². The molecule has 1 saturated heterocycles. The Morgan fingerprint density at radius 3 is 2.97 bits per heavy atom. The summed E-state index contributed by atoms with van der Waals surface area (Å²) < 4.78 is 27.3. The molecule has 0 aromatic carbocycles. The topological polar surface area (TPSA) is 102 Å². The number of hydrogen-bond acceptors (Lipinski definition) is 7. The fourth-order valence-electron chi connectivity index (χ4n) is 3.37. The first kappa shape index (κ1) is 19.1. The Morgan fingerprint density at radius 1 is 1.34 bits per heavy atom. The summed E-state index contributed by atoms with van der Waals surface area (Å²) >= 11 is 0. The molecular formula is C19H20FN5O4. The lowest BCUT2D eigenvalue weighted by atomic mass is 10.1. The Bertz CT molecular complexity index is 1040. The molecular weight excluding hydrogens is 381 g/mol. The third-order valence-electron chi connectivity index (χ3n) is 4.80. The number of carbonyl (C=O) groups excluding carboxylic acids is 1. The molecule has 0 bridgehead atoms. The lowest BCUT2D eigenvalue weighted by Gasteiger charge is -2.32. The molecule has 0 aliphatic carbocycles. The zero-order valence-corrected chi connectivity index (χ0v) is 15.8. The van der Waals surface area contributed by atoms with Crippen LogP contribution in [0.1, 0.15) is 12.8 Å². The largest absolute Gasteiger partial charge is 0.479 e. The Kier molecular flexibility index (Phi) is 5.26. The molecule has 1 fully saturated rings.